The van der Waals surface area contributed by atoms with E-state index >= 15 is 0 Å². The lowest BCUT2D eigenvalue weighted by atomic mass is 9.87. The van der Waals surface area contributed by atoms with Crippen LogP contribution in [0.4, 0.5) is 4.39 Å². The summed E-state index contributed by atoms with van der Waals surface area (Å²) in [6.07, 6.45) is 5.72. The number of aromatic nitrogens is 2. The van der Waals surface area contributed by atoms with E-state index in [9.17, 15) is 14.0 Å². The van der Waals surface area contributed by atoms with E-state index in [2.05, 4.69) is 22.1 Å². The first-order valence-corrected chi connectivity index (χ1v) is 12.9. The number of pyridine rings is 2. The first-order valence-electron chi connectivity index (χ1n) is 12.9. The van der Waals surface area contributed by atoms with E-state index in [1.54, 1.807) is 29.0 Å². The summed E-state index contributed by atoms with van der Waals surface area (Å²) in [6, 6.07) is 9.88. The van der Waals surface area contributed by atoms with Crippen molar-refractivity contribution in [2.45, 2.75) is 45.2 Å². The summed E-state index contributed by atoms with van der Waals surface area (Å²) in [4.78, 5) is 33.7. The summed E-state index contributed by atoms with van der Waals surface area (Å²) in [7, 11) is 0. The second-order valence-electron chi connectivity index (χ2n) is 10.0. The van der Waals surface area contributed by atoms with E-state index in [1.165, 1.54) is 12.1 Å². The van der Waals surface area contributed by atoms with Crippen molar-refractivity contribution in [3.05, 3.63) is 64.3 Å². The minimum Gasteiger partial charge on any atom is -0.379 e. The number of benzene rings is 1. The molecule has 0 radical (unpaired) electrons. The summed E-state index contributed by atoms with van der Waals surface area (Å²) in [6.45, 7) is 6.32. The lowest BCUT2D eigenvalue weighted by Gasteiger charge is -2.27. The molecule has 1 aromatic carbocycles. The van der Waals surface area contributed by atoms with Crippen LogP contribution in [0.2, 0.25) is 0 Å². The summed E-state index contributed by atoms with van der Waals surface area (Å²) in [5.41, 5.74) is 1.98. The highest BCUT2D eigenvalue weighted by molar-refractivity contribution is 5.97. The molecular formula is C28H33FN4O3. The molecule has 0 bridgehead atoms. The molecule has 1 amide bonds. The van der Waals surface area contributed by atoms with Crippen LogP contribution in [0.3, 0.4) is 0 Å². The number of rotatable bonds is 6. The quantitative estimate of drug-likeness (QED) is 0.566. The highest BCUT2D eigenvalue weighted by Crippen LogP contribution is 2.25. The minimum atomic E-state index is -0.325. The maximum absolute atomic E-state index is 13.6. The molecule has 1 N–H and O–H groups in total. The zero-order chi connectivity index (χ0) is 25.1. The third kappa shape index (κ3) is 5.50. The Morgan fingerprint density at radius 1 is 1.06 bits per heavy atom. The predicted molar refractivity (Wildman–Crippen MR) is 138 cm³/mol. The third-order valence-electron chi connectivity index (χ3n) is 7.44. The van der Waals surface area contributed by atoms with Gasteiger partial charge in [-0.05, 0) is 61.4 Å². The smallest absolute Gasteiger partial charge is 0.265 e. The van der Waals surface area contributed by atoms with Crippen molar-refractivity contribution in [1.82, 2.24) is 19.8 Å². The van der Waals surface area contributed by atoms with E-state index in [1.807, 2.05) is 6.07 Å². The SMILES string of the molecule is CC1CCC(NC(=O)c2cc3cc(-c4ccc(F)cc4)cnc3n(CCN3CCOCC3)c2=O)CC1. The number of carbonyl (C=O) groups excluding carboxylic acids is 1. The van der Waals surface area contributed by atoms with E-state index in [0.29, 0.717) is 43.3 Å². The number of nitrogens with zero attached hydrogens (tertiary/aromatic N) is 3. The molecule has 2 fully saturated rings. The van der Waals surface area contributed by atoms with Gasteiger partial charge < -0.3 is 10.1 Å². The van der Waals surface area contributed by atoms with Crippen molar-refractivity contribution in [1.29, 1.82) is 0 Å². The number of carbonyl (C=O) groups is 1. The molecule has 2 aromatic heterocycles. The van der Waals surface area contributed by atoms with Gasteiger partial charge in [0.05, 0.1) is 13.2 Å². The van der Waals surface area contributed by atoms with E-state index in [4.69, 9.17) is 4.74 Å². The Hall–Kier alpha value is -3.10. The molecule has 8 heteroatoms. The number of ether oxygens (including phenoxy) is 1. The Kier molecular flexibility index (Phi) is 7.43. The third-order valence-corrected chi connectivity index (χ3v) is 7.44. The molecule has 190 valence electrons. The van der Waals surface area contributed by atoms with Gasteiger partial charge in [-0.15, -0.1) is 0 Å². The fraction of sp³-hybridized carbons (Fsp3) is 0.464. The second kappa shape index (κ2) is 10.9. The molecule has 3 aromatic rings. The van der Waals surface area contributed by atoms with Gasteiger partial charge in [0, 0.05) is 49.4 Å². The van der Waals surface area contributed by atoms with Gasteiger partial charge in [-0.1, -0.05) is 19.1 Å². The van der Waals surface area contributed by atoms with Crippen molar-refractivity contribution in [3.63, 3.8) is 0 Å². The molecular weight excluding hydrogens is 459 g/mol. The summed E-state index contributed by atoms with van der Waals surface area (Å²) >= 11 is 0. The Morgan fingerprint density at radius 3 is 2.50 bits per heavy atom. The van der Waals surface area contributed by atoms with Gasteiger partial charge in [-0.2, -0.15) is 0 Å². The van der Waals surface area contributed by atoms with Crippen LogP contribution >= 0.6 is 0 Å². The molecule has 1 aliphatic carbocycles. The fourth-order valence-corrected chi connectivity index (χ4v) is 5.17. The van der Waals surface area contributed by atoms with Crippen LogP contribution in [0.1, 0.15) is 43.0 Å². The maximum Gasteiger partial charge on any atom is 0.265 e. The number of hydrogen-bond acceptors (Lipinski definition) is 5. The molecule has 5 rings (SSSR count). The molecule has 0 unspecified atom stereocenters. The molecule has 1 saturated carbocycles. The minimum absolute atomic E-state index is 0.0919. The van der Waals surface area contributed by atoms with Crippen LogP contribution in [0.15, 0.2) is 47.4 Å². The van der Waals surface area contributed by atoms with E-state index in [0.717, 1.165) is 49.9 Å². The normalized spacial score (nSPS) is 20.9. The van der Waals surface area contributed by atoms with Crippen LogP contribution in [0.5, 0.6) is 0 Å². The molecule has 7 nitrogen and oxygen atoms in total. The van der Waals surface area contributed by atoms with Gasteiger partial charge in [-0.25, -0.2) is 9.37 Å². The topological polar surface area (TPSA) is 76.5 Å². The summed E-state index contributed by atoms with van der Waals surface area (Å²) in [5, 5.41) is 3.81. The van der Waals surface area contributed by atoms with Crippen molar-refractivity contribution in [3.8, 4) is 11.1 Å². The first kappa shape index (κ1) is 24.6. The molecule has 0 atom stereocenters. The zero-order valence-electron chi connectivity index (χ0n) is 20.7. The Balaban J connectivity index is 1.50. The fourth-order valence-electron chi connectivity index (χ4n) is 5.17. The average Bonchev–Trinajstić information content (AvgIpc) is 2.90. The number of nitrogens with one attached hydrogen (secondary N) is 1. The van der Waals surface area contributed by atoms with Gasteiger partial charge in [0.1, 0.15) is 17.0 Å². The first-order chi connectivity index (χ1) is 17.5. The standard InChI is InChI=1S/C28H33FN4O3/c1-19-2-8-24(9-3-19)31-27(34)25-17-21-16-22(20-4-6-23(29)7-5-20)18-30-26(21)33(28(25)35)11-10-32-12-14-36-15-13-32/h4-7,16-19,24H,2-3,8-15H2,1H3,(H,31,34). The van der Waals surface area contributed by atoms with Gasteiger partial charge >= 0.3 is 0 Å². The van der Waals surface area contributed by atoms with Crippen molar-refractivity contribution < 1.29 is 13.9 Å². The van der Waals surface area contributed by atoms with Crippen LogP contribution in [-0.4, -0.2) is 59.2 Å². The number of fused-ring (bicyclic) bond motifs is 1. The number of hydrogen-bond donors (Lipinski definition) is 1. The van der Waals surface area contributed by atoms with E-state index in [-0.39, 0.29) is 28.9 Å². The molecule has 1 aliphatic heterocycles. The maximum atomic E-state index is 13.6. The highest BCUT2D eigenvalue weighted by atomic mass is 19.1. The van der Waals surface area contributed by atoms with Crippen LogP contribution in [0, 0.1) is 11.7 Å². The van der Waals surface area contributed by atoms with E-state index < -0.39 is 0 Å². The lowest BCUT2D eigenvalue weighted by molar-refractivity contribution is 0.0364. The lowest BCUT2D eigenvalue weighted by Crippen LogP contribution is -2.42. The predicted octanol–water partition coefficient (Wildman–Crippen LogP) is 3.84. The van der Waals surface area contributed by atoms with Crippen LogP contribution in [-0.2, 0) is 11.3 Å². The van der Waals surface area contributed by atoms with Crippen LogP contribution < -0.4 is 10.9 Å². The molecule has 36 heavy (non-hydrogen) atoms. The number of morpholine rings is 1. The van der Waals surface area contributed by atoms with Gasteiger partial charge in [0.2, 0.25) is 0 Å². The number of amides is 1. The largest absolute Gasteiger partial charge is 0.379 e. The monoisotopic (exact) mass is 492 g/mol. The van der Waals surface area contributed by atoms with Gasteiger partial charge in [-0.3, -0.25) is 19.1 Å². The summed E-state index contributed by atoms with van der Waals surface area (Å²) < 4.78 is 20.5. The Labute approximate surface area is 210 Å². The molecule has 0 spiro atoms. The molecule has 2 aliphatic rings. The van der Waals surface area contributed by atoms with Crippen molar-refractivity contribution in [2.75, 3.05) is 32.8 Å². The van der Waals surface area contributed by atoms with Crippen molar-refractivity contribution in [2.24, 2.45) is 5.92 Å². The summed E-state index contributed by atoms with van der Waals surface area (Å²) in [5.74, 6) is 0.0430. The molecule has 3 heterocycles. The van der Waals surface area contributed by atoms with Gasteiger partial charge in [0.25, 0.3) is 11.5 Å². The van der Waals surface area contributed by atoms with Gasteiger partial charge in [0.15, 0.2) is 0 Å². The zero-order valence-corrected chi connectivity index (χ0v) is 20.7. The second-order valence-corrected chi connectivity index (χ2v) is 10.0. The highest BCUT2D eigenvalue weighted by Gasteiger charge is 2.23. The van der Waals surface area contributed by atoms with Crippen LogP contribution in [0.25, 0.3) is 22.2 Å². The number of halogens is 1. The average molecular weight is 493 g/mol. The molecule has 1 saturated heterocycles. The van der Waals surface area contributed by atoms with Crippen molar-refractivity contribution >= 4 is 16.9 Å². The Morgan fingerprint density at radius 2 is 1.78 bits per heavy atom. The Bertz CT molecular complexity index is 1280.